The van der Waals surface area contributed by atoms with E-state index in [-0.39, 0.29) is 5.25 Å². The van der Waals surface area contributed by atoms with Gasteiger partial charge in [0.1, 0.15) is 0 Å². The molecule has 0 aliphatic rings. The van der Waals surface area contributed by atoms with Crippen LogP contribution < -0.4 is 10.0 Å². The molecule has 3 rings (SSSR count). The van der Waals surface area contributed by atoms with E-state index in [1.165, 1.54) is 17.3 Å². The van der Waals surface area contributed by atoms with Crippen LogP contribution in [0.15, 0.2) is 77.7 Å². The average Bonchev–Trinajstić information content (AvgIpc) is 2.81. The summed E-state index contributed by atoms with van der Waals surface area (Å²) < 4.78 is 25.1. The lowest BCUT2D eigenvalue weighted by Crippen LogP contribution is -2.29. The number of nitrogens with one attached hydrogen (secondary N) is 2. The molecule has 186 valence electrons. The van der Waals surface area contributed by atoms with Crippen LogP contribution in [-0.2, 0) is 16.4 Å². The van der Waals surface area contributed by atoms with Crippen LogP contribution in [-0.4, -0.2) is 44.0 Å². The Morgan fingerprint density at radius 1 is 0.971 bits per heavy atom. The first-order valence-electron chi connectivity index (χ1n) is 11.5. The molecule has 3 aromatic rings. The number of aliphatic hydroxyl groups is 1. The maximum atomic E-state index is 12.5. The van der Waals surface area contributed by atoms with E-state index in [4.69, 9.17) is 0 Å². The van der Waals surface area contributed by atoms with Gasteiger partial charge in [0.15, 0.2) is 0 Å². The molecule has 0 saturated heterocycles. The Labute approximate surface area is 212 Å². The van der Waals surface area contributed by atoms with Gasteiger partial charge in [-0.15, -0.1) is 11.8 Å². The highest BCUT2D eigenvalue weighted by atomic mass is 32.2. The van der Waals surface area contributed by atoms with Crippen molar-refractivity contribution >= 4 is 27.7 Å². The molecule has 6 nitrogen and oxygen atoms in total. The SMILES string of the molecule is CC(C)Sc1cc(-c2ccc(CCNC[C@@H](O)c3ccccc3)cc2)ccc1C(=O)NS(C)(=O)=O. The summed E-state index contributed by atoms with van der Waals surface area (Å²) in [6, 6.07) is 23.3. The molecule has 0 radical (unpaired) electrons. The van der Waals surface area contributed by atoms with Crippen molar-refractivity contribution in [3.63, 3.8) is 0 Å². The molecule has 0 aromatic heterocycles. The fraction of sp³-hybridized carbons (Fsp3) is 0.296. The quantitative estimate of drug-likeness (QED) is 0.260. The fourth-order valence-electron chi connectivity index (χ4n) is 3.59. The second kappa shape index (κ2) is 12.4. The first kappa shape index (κ1) is 26.9. The Morgan fingerprint density at radius 3 is 2.26 bits per heavy atom. The van der Waals surface area contributed by atoms with Crippen LogP contribution in [0.5, 0.6) is 0 Å². The Morgan fingerprint density at radius 2 is 1.63 bits per heavy atom. The van der Waals surface area contributed by atoms with Crippen molar-refractivity contribution in [3.05, 3.63) is 89.5 Å². The van der Waals surface area contributed by atoms with Crippen LogP contribution >= 0.6 is 11.8 Å². The first-order valence-corrected chi connectivity index (χ1v) is 14.3. The molecule has 0 spiro atoms. The summed E-state index contributed by atoms with van der Waals surface area (Å²) in [6.45, 7) is 5.30. The zero-order valence-corrected chi connectivity index (χ0v) is 21.8. The molecule has 0 fully saturated rings. The number of amides is 1. The molecule has 35 heavy (non-hydrogen) atoms. The van der Waals surface area contributed by atoms with E-state index >= 15 is 0 Å². The number of aliphatic hydroxyl groups excluding tert-OH is 1. The van der Waals surface area contributed by atoms with E-state index in [2.05, 4.69) is 22.2 Å². The zero-order valence-electron chi connectivity index (χ0n) is 20.2. The second-order valence-electron chi connectivity index (χ2n) is 8.66. The monoisotopic (exact) mass is 512 g/mol. The summed E-state index contributed by atoms with van der Waals surface area (Å²) in [4.78, 5) is 13.2. The zero-order chi connectivity index (χ0) is 25.4. The first-order chi connectivity index (χ1) is 16.6. The Kier molecular flexibility index (Phi) is 9.51. The highest BCUT2D eigenvalue weighted by Gasteiger charge is 2.17. The highest BCUT2D eigenvalue weighted by Crippen LogP contribution is 2.32. The molecule has 1 amide bonds. The number of hydrogen-bond donors (Lipinski definition) is 3. The molecule has 0 bridgehead atoms. The number of thioether (sulfide) groups is 1. The van der Waals surface area contributed by atoms with Crippen LogP contribution in [0.4, 0.5) is 0 Å². The van der Waals surface area contributed by atoms with Gasteiger partial charge in [-0.1, -0.05) is 74.5 Å². The summed E-state index contributed by atoms with van der Waals surface area (Å²) in [7, 11) is -3.64. The standard InChI is InChI=1S/C27H32N2O4S2/c1-19(2)34-26-17-23(13-14-24(26)27(31)29-35(3,32)33)21-11-9-20(10-12-21)15-16-28-18-25(30)22-7-5-4-6-8-22/h4-14,17,19,25,28,30H,15-16,18H2,1-3H3,(H,29,31)/t25-/m1/s1. The molecule has 0 unspecified atom stereocenters. The van der Waals surface area contributed by atoms with Crippen LogP contribution in [0, 0.1) is 0 Å². The topological polar surface area (TPSA) is 95.5 Å². The third-order valence-electron chi connectivity index (χ3n) is 5.27. The van der Waals surface area contributed by atoms with Crippen LogP contribution in [0.25, 0.3) is 11.1 Å². The fourth-order valence-corrected chi connectivity index (χ4v) is 5.03. The average molecular weight is 513 g/mol. The Balaban J connectivity index is 1.64. The number of rotatable bonds is 11. The van der Waals surface area contributed by atoms with Gasteiger partial charge in [0, 0.05) is 16.7 Å². The van der Waals surface area contributed by atoms with Crippen LogP contribution in [0.3, 0.4) is 0 Å². The lowest BCUT2D eigenvalue weighted by Gasteiger charge is -2.14. The molecule has 0 heterocycles. The van der Waals surface area contributed by atoms with Gasteiger partial charge in [-0.2, -0.15) is 0 Å². The molecular formula is C27H32N2O4S2. The second-order valence-corrected chi connectivity index (χ2v) is 12.0. The van der Waals surface area contributed by atoms with Crippen molar-refractivity contribution in [3.8, 4) is 11.1 Å². The predicted molar refractivity (Wildman–Crippen MR) is 143 cm³/mol. The highest BCUT2D eigenvalue weighted by molar-refractivity contribution is 8.00. The van der Waals surface area contributed by atoms with Gasteiger partial charge in [-0.05, 0) is 47.4 Å². The molecule has 8 heteroatoms. The Hall–Kier alpha value is -2.65. The van der Waals surface area contributed by atoms with Gasteiger partial charge in [-0.25, -0.2) is 13.1 Å². The lowest BCUT2D eigenvalue weighted by molar-refractivity contribution is 0.0979. The molecule has 3 N–H and O–H groups in total. The van der Waals surface area contributed by atoms with Crippen molar-refractivity contribution in [2.45, 2.75) is 36.5 Å². The van der Waals surface area contributed by atoms with E-state index < -0.39 is 22.0 Å². The molecular weight excluding hydrogens is 480 g/mol. The smallest absolute Gasteiger partial charge is 0.265 e. The number of sulfonamides is 1. The van der Waals surface area contributed by atoms with Crippen molar-refractivity contribution in [2.24, 2.45) is 0 Å². The third kappa shape index (κ3) is 8.50. The lowest BCUT2D eigenvalue weighted by atomic mass is 10.0. The number of carbonyl (C=O) groups excluding carboxylic acids is 1. The minimum Gasteiger partial charge on any atom is -0.387 e. The molecule has 1 atom stereocenters. The summed E-state index contributed by atoms with van der Waals surface area (Å²) >= 11 is 1.52. The summed E-state index contributed by atoms with van der Waals surface area (Å²) in [5.74, 6) is -0.623. The van der Waals surface area contributed by atoms with Crippen molar-refractivity contribution in [2.75, 3.05) is 19.3 Å². The molecule has 0 aliphatic heterocycles. The van der Waals surface area contributed by atoms with Gasteiger partial charge in [-0.3, -0.25) is 4.79 Å². The van der Waals surface area contributed by atoms with E-state index in [0.717, 1.165) is 40.8 Å². The van der Waals surface area contributed by atoms with Gasteiger partial charge in [0.2, 0.25) is 10.0 Å². The van der Waals surface area contributed by atoms with Crippen molar-refractivity contribution in [1.82, 2.24) is 10.0 Å². The minimum absolute atomic E-state index is 0.227. The normalized spacial score (nSPS) is 12.5. The van der Waals surface area contributed by atoms with Gasteiger partial charge < -0.3 is 10.4 Å². The van der Waals surface area contributed by atoms with E-state index in [9.17, 15) is 18.3 Å². The third-order valence-corrected chi connectivity index (χ3v) is 6.89. The molecule has 0 saturated carbocycles. The largest absolute Gasteiger partial charge is 0.387 e. The van der Waals surface area contributed by atoms with Gasteiger partial charge >= 0.3 is 0 Å². The summed E-state index contributed by atoms with van der Waals surface area (Å²) in [5.41, 5.74) is 4.40. The molecule has 3 aromatic carbocycles. The predicted octanol–water partition coefficient (Wildman–Crippen LogP) is 4.41. The summed E-state index contributed by atoms with van der Waals surface area (Å²) in [5, 5.41) is 13.8. The maximum Gasteiger partial charge on any atom is 0.265 e. The van der Waals surface area contributed by atoms with Gasteiger partial charge in [0.05, 0.1) is 17.9 Å². The van der Waals surface area contributed by atoms with Crippen molar-refractivity contribution in [1.29, 1.82) is 0 Å². The van der Waals surface area contributed by atoms with Crippen LogP contribution in [0.1, 0.15) is 41.4 Å². The van der Waals surface area contributed by atoms with E-state index in [1.54, 1.807) is 6.07 Å². The van der Waals surface area contributed by atoms with E-state index in [0.29, 0.717) is 12.1 Å². The maximum absolute atomic E-state index is 12.5. The van der Waals surface area contributed by atoms with Crippen molar-refractivity contribution < 1.29 is 18.3 Å². The van der Waals surface area contributed by atoms with Crippen LogP contribution in [0.2, 0.25) is 0 Å². The minimum atomic E-state index is -3.64. The number of carbonyl (C=O) groups is 1. The Bertz CT molecular complexity index is 1230. The number of benzene rings is 3. The molecule has 0 aliphatic carbocycles. The summed E-state index contributed by atoms with van der Waals surface area (Å²) in [6.07, 6.45) is 1.27. The number of hydrogen-bond acceptors (Lipinski definition) is 6. The van der Waals surface area contributed by atoms with Gasteiger partial charge in [0.25, 0.3) is 5.91 Å². The van der Waals surface area contributed by atoms with E-state index in [1.807, 2.05) is 68.4 Å².